The Morgan fingerprint density at radius 1 is 1.19 bits per heavy atom. The van der Waals surface area contributed by atoms with E-state index in [0.29, 0.717) is 19.1 Å². The minimum absolute atomic E-state index is 0.565. The number of rotatable bonds is 9. The molecule has 0 spiro atoms. The lowest BCUT2D eigenvalue weighted by atomic mass is 10.1. The summed E-state index contributed by atoms with van der Waals surface area (Å²) in [6.45, 7) is 5.60. The van der Waals surface area contributed by atoms with Crippen molar-refractivity contribution in [3.8, 4) is 5.75 Å². The van der Waals surface area contributed by atoms with Crippen LogP contribution in [0.1, 0.15) is 47.9 Å². The number of thioether (sulfide) groups is 1. The normalized spacial score (nSPS) is 13.9. The Labute approximate surface area is 164 Å². The summed E-state index contributed by atoms with van der Waals surface area (Å²) in [5.41, 5.74) is 2.47. The van der Waals surface area contributed by atoms with Gasteiger partial charge in [-0.25, -0.2) is 0 Å². The molecule has 1 saturated carbocycles. The Kier molecular flexibility index (Phi) is 5.53. The summed E-state index contributed by atoms with van der Waals surface area (Å²) in [4.78, 5) is 0. The van der Waals surface area contributed by atoms with Gasteiger partial charge in [0.15, 0.2) is 5.16 Å². The van der Waals surface area contributed by atoms with E-state index in [1.54, 1.807) is 18.0 Å². The van der Waals surface area contributed by atoms with Gasteiger partial charge in [0.25, 0.3) is 0 Å². The molecule has 2 heterocycles. The number of aryl methyl sites for hydroxylation is 2. The fourth-order valence-electron chi connectivity index (χ4n) is 3.19. The molecule has 2 aromatic heterocycles. The minimum Gasteiger partial charge on any atom is -0.494 e. The highest BCUT2D eigenvalue weighted by Gasteiger charge is 2.30. The number of aromatic nitrogens is 3. The molecule has 0 atom stereocenters. The summed E-state index contributed by atoms with van der Waals surface area (Å²) >= 11 is 1.74. The topological polar surface area (TPSA) is 53.1 Å². The highest BCUT2D eigenvalue weighted by molar-refractivity contribution is 7.99. The first-order valence-corrected chi connectivity index (χ1v) is 10.5. The highest BCUT2D eigenvalue weighted by Crippen LogP contribution is 2.40. The van der Waals surface area contributed by atoms with E-state index in [2.05, 4.69) is 46.8 Å². The molecule has 3 aromatic rings. The van der Waals surface area contributed by atoms with Gasteiger partial charge < -0.3 is 9.15 Å². The van der Waals surface area contributed by atoms with Crippen molar-refractivity contribution in [3.05, 3.63) is 59.3 Å². The van der Waals surface area contributed by atoms with Gasteiger partial charge in [-0.15, -0.1) is 10.2 Å². The van der Waals surface area contributed by atoms with Crippen molar-refractivity contribution >= 4 is 11.8 Å². The van der Waals surface area contributed by atoms with E-state index < -0.39 is 0 Å². The molecule has 1 aliphatic rings. The van der Waals surface area contributed by atoms with E-state index >= 15 is 0 Å². The molecule has 0 aliphatic heterocycles. The average Bonchev–Trinajstić information content (AvgIpc) is 3.19. The first kappa shape index (κ1) is 18.2. The Hall–Kier alpha value is -2.21. The van der Waals surface area contributed by atoms with Crippen molar-refractivity contribution < 1.29 is 9.15 Å². The second-order valence-corrected chi connectivity index (χ2v) is 8.22. The Bertz CT molecular complexity index is 865. The summed E-state index contributed by atoms with van der Waals surface area (Å²) in [5.74, 6) is 4.51. The molecule has 1 aromatic carbocycles. The van der Waals surface area contributed by atoms with Crippen molar-refractivity contribution in [1.29, 1.82) is 0 Å². The molecular formula is C21H25N3O2S. The molecular weight excluding hydrogens is 358 g/mol. The first-order chi connectivity index (χ1) is 13.2. The Balaban J connectivity index is 1.31. The molecule has 6 heteroatoms. The van der Waals surface area contributed by atoms with E-state index in [0.717, 1.165) is 34.7 Å². The van der Waals surface area contributed by atoms with Crippen molar-refractivity contribution in [2.24, 2.45) is 0 Å². The third-order valence-corrected chi connectivity index (χ3v) is 5.62. The third kappa shape index (κ3) is 4.75. The molecule has 5 nitrogen and oxygen atoms in total. The van der Waals surface area contributed by atoms with E-state index in [4.69, 9.17) is 9.15 Å². The largest absolute Gasteiger partial charge is 0.494 e. The van der Waals surface area contributed by atoms with Crippen LogP contribution in [0.2, 0.25) is 0 Å². The third-order valence-electron chi connectivity index (χ3n) is 4.57. The molecule has 4 rings (SSSR count). The molecule has 0 saturated heterocycles. The summed E-state index contributed by atoms with van der Waals surface area (Å²) < 4.78 is 13.6. The van der Waals surface area contributed by atoms with Gasteiger partial charge in [0.2, 0.25) is 0 Å². The number of hydrogen-bond acceptors (Lipinski definition) is 5. The lowest BCUT2D eigenvalue weighted by Gasteiger charge is -2.09. The van der Waals surface area contributed by atoms with Gasteiger partial charge in [0.05, 0.1) is 19.4 Å². The van der Waals surface area contributed by atoms with Gasteiger partial charge in [0, 0.05) is 11.7 Å². The zero-order chi connectivity index (χ0) is 18.6. The molecule has 1 fully saturated rings. The van der Waals surface area contributed by atoms with E-state index in [1.807, 2.05) is 12.1 Å². The monoisotopic (exact) mass is 383 g/mol. The lowest BCUT2D eigenvalue weighted by molar-refractivity contribution is 0.318. The predicted octanol–water partition coefficient (Wildman–Crippen LogP) is 4.97. The van der Waals surface area contributed by atoms with Crippen molar-refractivity contribution in [2.45, 2.75) is 50.7 Å². The van der Waals surface area contributed by atoms with Crippen LogP contribution in [0.4, 0.5) is 0 Å². The average molecular weight is 384 g/mol. The van der Waals surface area contributed by atoms with Gasteiger partial charge in [-0.1, -0.05) is 17.8 Å². The smallest absolute Gasteiger partial charge is 0.191 e. The van der Waals surface area contributed by atoms with Crippen LogP contribution in [0.5, 0.6) is 5.75 Å². The van der Waals surface area contributed by atoms with Crippen molar-refractivity contribution in [2.75, 3.05) is 12.4 Å². The maximum atomic E-state index is 5.90. The molecule has 0 bridgehead atoms. The maximum Gasteiger partial charge on any atom is 0.191 e. The number of ether oxygens (including phenoxy) is 1. The minimum atomic E-state index is 0.565. The fourth-order valence-corrected chi connectivity index (χ4v) is 4.04. The predicted molar refractivity (Wildman–Crippen MR) is 107 cm³/mol. The van der Waals surface area contributed by atoms with E-state index in [9.17, 15) is 0 Å². The standard InChI is InChI=1S/C21H25N3O2S/c1-15-11-16(2)13-19(12-15)26-9-4-10-27-21-23-22-20(17-6-7-17)24(21)14-18-5-3-8-25-18/h3,5,8,11-13,17H,4,6-7,9-10,14H2,1-2H3. The summed E-state index contributed by atoms with van der Waals surface area (Å²) in [6.07, 6.45) is 5.10. The van der Waals surface area contributed by atoms with Gasteiger partial charge in [-0.05, 0) is 68.5 Å². The number of hydrogen-bond donors (Lipinski definition) is 0. The lowest BCUT2D eigenvalue weighted by Crippen LogP contribution is -2.06. The first-order valence-electron chi connectivity index (χ1n) is 9.48. The van der Waals surface area contributed by atoms with Crippen LogP contribution in [-0.4, -0.2) is 27.1 Å². The summed E-state index contributed by atoms with van der Waals surface area (Å²) in [7, 11) is 0. The fraction of sp³-hybridized carbons (Fsp3) is 0.429. The van der Waals surface area contributed by atoms with Crippen LogP contribution in [0.15, 0.2) is 46.2 Å². The number of benzene rings is 1. The Morgan fingerprint density at radius 3 is 2.70 bits per heavy atom. The molecule has 1 aliphatic carbocycles. The maximum absolute atomic E-state index is 5.90. The van der Waals surface area contributed by atoms with Crippen LogP contribution in [0.25, 0.3) is 0 Å². The molecule has 0 unspecified atom stereocenters. The number of furan rings is 1. The molecule has 0 amide bonds. The van der Waals surface area contributed by atoms with Crippen LogP contribution in [-0.2, 0) is 6.54 Å². The van der Waals surface area contributed by atoms with Gasteiger partial charge in [0.1, 0.15) is 17.3 Å². The van der Waals surface area contributed by atoms with Gasteiger partial charge in [-0.2, -0.15) is 0 Å². The summed E-state index contributed by atoms with van der Waals surface area (Å²) in [5, 5.41) is 9.85. The van der Waals surface area contributed by atoms with Crippen molar-refractivity contribution in [3.63, 3.8) is 0 Å². The quantitative estimate of drug-likeness (QED) is 0.385. The Morgan fingerprint density at radius 2 is 2.00 bits per heavy atom. The van der Waals surface area contributed by atoms with Crippen LogP contribution >= 0.6 is 11.8 Å². The van der Waals surface area contributed by atoms with Crippen LogP contribution < -0.4 is 4.74 Å². The molecule has 0 radical (unpaired) electrons. The summed E-state index contributed by atoms with van der Waals surface area (Å²) in [6, 6.07) is 10.3. The van der Waals surface area contributed by atoms with E-state index in [1.165, 1.54) is 24.0 Å². The van der Waals surface area contributed by atoms with Gasteiger partial charge in [-0.3, -0.25) is 4.57 Å². The van der Waals surface area contributed by atoms with Crippen molar-refractivity contribution in [1.82, 2.24) is 14.8 Å². The zero-order valence-corrected chi connectivity index (χ0v) is 16.7. The van der Waals surface area contributed by atoms with E-state index in [-0.39, 0.29) is 0 Å². The second-order valence-electron chi connectivity index (χ2n) is 7.15. The SMILES string of the molecule is Cc1cc(C)cc(OCCCSc2nnc(C3CC3)n2Cc2ccco2)c1. The molecule has 0 N–H and O–H groups in total. The zero-order valence-electron chi connectivity index (χ0n) is 15.9. The number of nitrogens with zero attached hydrogens (tertiary/aromatic N) is 3. The highest BCUT2D eigenvalue weighted by atomic mass is 32.2. The van der Waals surface area contributed by atoms with Crippen LogP contribution in [0.3, 0.4) is 0 Å². The second kappa shape index (κ2) is 8.21. The van der Waals surface area contributed by atoms with Crippen LogP contribution in [0, 0.1) is 13.8 Å². The molecule has 27 heavy (non-hydrogen) atoms. The molecule has 142 valence electrons. The van der Waals surface area contributed by atoms with Gasteiger partial charge >= 0.3 is 0 Å².